The number of amides is 2. The molecule has 2 aromatic carbocycles. The van der Waals surface area contributed by atoms with E-state index < -0.39 is 11.4 Å². The largest absolute Gasteiger partial charge is 0.366 e. The number of hydrogen-bond acceptors (Lipinski definition) is 3. The zero-order chi connectivity index (χ0) is 20.3. The molecule has 0 aromatic heterocycles. The number of ketones is 1. The molecule has 2 amide bonds. The fourth-order valence-corrected chi connectivity index (χ4v) is 2.39. The number of rotatable bonds is 7. The second-order valence-electron chi connectivity index (χ2n) is 5.96. The van der Waals surface area contributed by atoms with Crippen LogP contribution in [0.25, 0.3) is 0 Å². The van der Waals surface area contributed by atoms with Crippen LogP contribution in [0.1, 0.15) is 29.3 Å². The fourth-order valence-electron chi connectivity index (χ4n) is 2.39. The topological polar surface area (TPSA) is 89.3 Å². The fraction of sp³-hybridized carbons (Fsp3) is 0.136. The van der Waals surface area contributed by atoms with Crippen LogP contribution in [-0.4, -0.2) is 17.6 Å². The first kappa shape index (κ1) is 21.6. The van der Waals surface area contributed by atoms with Gasteiger partial charge in [0.15, 0.2) is 5.78 Å². The minimum absolute atomic E-state index is 0.0173. The molecule has 0 spiro atoms. The molecule has 140 valence electrons. The van der Waals surface area contributed by atoms with Gasteiger partial charge in [0.1, 0.15) is 0 Å². The van der Waals surface area contributed by atoms with Gasteiger partial charge in [0, 0.05) is 12.0 Å². The smallest absolute Gasteiger partial charge is 0.244 e. The third-order valence-corrected chi connectivity index (χ3v) is 3.81. The molecule has 2 rings (SSSR count). The zero-order valence-corrected chi connectivity index (χ0v) is 15.4. The Morgan fingerprint density at radius 2 is 1.44 bits per heavy atom. The van der Waals surface area contributed by atoms with Gasteiger partial charge in [-0.05, 0) is 24.6 Å². The molecule has 0 heterocycles. The molecule has 0 fully saturated rings. The van der Waals surface area contributed by atoms with Crippen LogP contribution in [0.2, 0.25) is 0 Å². The van der Waals surface area contributed by atoms with Crippen molar-refractivity contribution in [3.8, 4) is 0 Å². The van der Waals surface area contributed by atoms with E-state index in [0.29, 0.717) is 5.56 Å². The van der Waals surface area contributed by atoms with Gasteiger partial charge >= 0.3 is 0 Å². The summed E-state index contributed by atoms with van der Waals surface area (Å²) in [5, 5.41) is 2.88. The molecule has 0 bridgehead atoms. The van der Waals surface area contributed by atoms with Crippen molar-refractivity contribution in [1.82, 2.24) is 5.32 Å². The van der Waals surface area contributed by atoms with E-state index in [-0.39, 0.29) is 18.1 Å². The van der Waals surface area contributed by atoms with E-state index in [4.69, 9.17) is 0 Å². The number of hydrogen-bond donors (Lipinski definition) is 2. The Morgan fingerprint density at radius 3 is 1.89 bits per heavy atom. The highest BCUT2D eigenvalue weighted by atomic mass is 16.2. The predicted molar refractivity (Wildman–Crippen MR) is 107 cm³/mol. The first-order valence-corrected chi connectivity index (χ1v) is 8.32. The van der Waals surface area contributed by atoms with Crippen LogP contribution in [0.4, 0.5) is 0 Å². The second-order valence-corrected chi connectivity index (χ2v) is 5.96. The van der Waals surface area contributed by atoms with E-state index in [9.17, 15) is 14.4 Å². The summed E-state index contributed by atoms with van der Waals surface area (Å²) in [6.07, 6.45) is 2.45. The Morgan fingerprint density at radius 1 is 0.963 bits per heavy atom. The molecule has 5 heteroatoms. The molecule has 0 aliphatic carbocycles. The summed E-state index contributed by atoms with van der Waals surface area (Å²) in [7, 11) is 0. The lowest BCUT2D eigenvalue weighted by atomic mass is 9.85. The van der Waals surface area contributed by atoms with Gasteiger partial charge in [0.25, 0.3) is 0 Å². The van der Waals surface area contributed by atoms with Gasteiger partial charge in [-0.3, -0.25) is 14.4 Å². The lowest BCUT2D eigenvalue weighted by molar-refractivity contribution is -0.118. The van der Waals surface area contributed by atoms with Crippen molar-refractivity contribution in [2.75, 3.05) is 0 Å². The van der Waals surface area contributed by atoms with Crippen LogP contribution in [0, 0.1) is 0 Å². The second kappa shape index (κ2) is 10.5. The van der Waals surface area contributed by atoms with Gasteiger partial charge in [0.2, 0.25) is 11.8 Å². The maximum absolute atomic E-state index is 12.5. The SMILES string of the molecule is C=CC(=O)NC(C)(CC(=O)c1ccccc1)c1ccccc1.C=CC(N)=O. The summed E-state index contributed by atoms with van der Waals surface area (Å²) in [5.41, 5.74) is 5.28. The third-order valence-electron chi connectivity index (χ3n) is 3.81. The molecule has 0 saturated carbocycles. The third kappa shape index (κ3) is 7.12. The number of carbonyl (C=O) groups is 3. The number of benzene rings is 2. The normalized spacial score (nSPS) is 11.7. The number of nitrogens with one attached hydrogen (secondary N) is 1. The maximum Gasteiger partial charge on any atom is 0.244 e. The monoisotopic (exact) mass is 364 g/mol. The van der Waals surface area contributed by atoms with Gasteiger partial charge in [0.05, 0.1) is 5.54 Å². The van der Waals surface area contributed by atoms with E-state index >= 15 is 0 Å². The van der Waals surface area contributed by atoms with E-state index in [1.807, 2.05) is 55.5 Å². The van der Waals surface area contributed by atoms with Crippen molar-refractivity contribution >= 4 is 17.6 Å². The number of nitrogens with two attached hydrogens (primary N) is 1. The Labute approximate surface area is 159 Å². The summed E-state index contributed by atoms with van der Waals surface area (Å²) in [6, 6.07) is 18.6. The van der Waals surface area contributed by atoms with Gasteiger partial charge in [-0.1, -0.05) is 73.8 Å². The average molecular weight is 364 g/mol. The Hall–Kier alpha value is -3.47. The molecule has 0 radical (unpaired) electrons. The van der Waals surface area contributed by atoms with Gasteiger partial charge in [-0.2, -0.15) is 0 Å². The standard InChI is InChI=1S/C19H19NO2.C3H5NO/c1-3-18(22)20-19(2,16-12-8-5-9-13-16)14-17(21)15-10-6-4-7-11-15;1-2-3(4)5/h3-13H,1,14H2,2H3,(H,20,22);2H,1H2,(H2,4,5). The van der Waals surface area contributed by atoms with Crippen LogP contribution in [0.5, 0.6) is 0 Å². The van der Waals surface area contributed by atoms with Crippen LogP contribution < -0.4 is 11.1 Å². The number of Topliss-reactive ketones (excluding diaryl/α,β-unsaturated/α-hetero) is 1. The first-order valence-electron chi connectivity index (χ1n) is 8.32. The molecule has 2 aromatic rings. The minimum Gasteiger partial charge on any atom is -0.366 e. The van der Waals surface area contributed by atoms with Crippen molar-refractivity contribution < 1.29 is 14.4 Å². The number of carbonyl (C=O) groups excluding carboxylic acids is 3. The zero-order valence-electron chi connectivity index (χ0n) is 15.4. The van der Waals surface area contributed by atoms with Crippen molar-refractivity contribution in [3.05, 3.63) is 97.1 Å². The molecule has 0 aliphatic rings. The Balaban J connectivity index is 0.000000646. The van der Waals surface area contributed by atoms with Gasteiger partial charge in [-0.15, -0.1) is 0 Å². The summed E-state index contributed by atoms with van der Waals surface area (Å²) in [6.45, 7) is 8.42. The summed E-state index contributed by atoms with van der Waals surface area (Å²) < 4.78 is 0. The molecular weight excluding hydrogens is 340 g/mol. The predicted octanol–water partition coefficient (Wildman–Crippen LogP) is 3.13. The van der Waals surface area contributed by atoms with Crippen molar-refractivity contribution in [1.29, 1.82) is 0 Å². The van der Waals surface area contributed by atoms with Crippen molar-refractivity contribution in [2.45, 2.75) is 18.9 Å². The van der Waals surface area contributed by atoms with Crippen LogP contribution in [0.15, 0.2) is 86.0 Å². The molecule has 1 atom stereocenters. The van der Waals surface area contributed by atoms with Gasteiger partial charge < -0.3 is 11.1 Å². The highest BCUT2D eigenvalue weighted by Gasteiger charge is 2.31. The quantitative estimate of drug-likeness (QED) is 0.584. The maximum atomic E-state index is 12.5. The summed E-state index contributed by atoms with van der Waals surface area (Å²) in [5.74, 6) is -0.798. The molecule has 0 aliphatic heterocycles. The average Bonchev–Trinajstić information content (AvgIpc) is 2.69. The lowest BCUT2D eigenvalue weighted by Crippen LogP contribution is -2.44. The van der Waals surface area contributed by atoms with Crippen LogP contribution in [-0.2, 0) is 15.1 Å². The van der Waals surface area contributed by atoms with E-state index in [1.54, 1.807) is 12.1 Å². The molecule has 27 heavy (non-hydrogen) atoms. The highest BCUT2D eigenvalue weighted by molar-refractivity contribution is 5.97. The van der Waals surface area contributed by atoms with E-state index in [2.05, 4.69) is 24.2 Å². The summed E-state index contributed by atoms with van der Waals surface area (Å²) >= 11 is 0. The lowest BCUT2D eigenvalue weighted by Gasteiger charge is -2.30. The molecular formula is C22H24N2O3. The minimum atomic E-state index is -0.778. The first-order chi connectivity index (χ1) is 12.8. The Bertz CT molecular complexity index is 801. The summed E-state index contributed by atoms with van der Waals surface area (Å²) in [4.78, 5) is 33.8. The van der Waals surface area contributed by atoms with Crippen molar-refractivity contribution in [3.63, 3.8) is 0 Å². The molecule has 0 saturated heterocycles. The van der Waals surface area contributed by atoms with Gasteiger partial charge in [-0.25, -0.2) is 0 Å². The number of primary amides is 1. The highest BCUT2D eigenvalue weighted by Crippen LogP contribution is 2.26. The van der Waals surface area contributed by atoms with E-state index in [1.165, 1.54) is 6.08 Å². The Kier molecular flexibility index (Phi) is 8.39. The molecule has 3 N–H and O–H groups in total. The van der Waals surface area contributed by atoms with Crippen LogP contribution in [0.3, 0.4) is 0 Å². The molecule has 5 nitrogen and oxygen atoms in total. The van der Waals surface area contributed by atoms with Crippen LogP contribution >= 0.6 is 0 Å². The van der Waals surface area contributed by atoms with Crippen molar-refractivity contribution in [2.24, 2.45) is 5.73 Å². The molecule has 1 unspecified atom stereocenters. The van der Waals surface area contributed by atoms with E-state index in [0.717, 1.165) is 11.6 Å².